The minimum atomic E-state index is -0.965. The van der Waals surface area contributed by atoms with E-state index in [4.69, 9.17) is 0 Å². The highest BCUT2D eigenvalue weighted by molar-refractivity contribution is 5.94. The van der Waals surface area contributed by atoms with Gasteiger partial charge in [-0.3, -0.25) is 14.9 Å². The van der Waals surface area contributed by atoms with Crippen molar-refractivity contribution in [1.82, 2.24) is 5.32 Å². The van der Waals surface area contributed by atoms with Crippen molar-refractivity contribution >= 4 is 11.6 Å². The van der Waals surface area contributed by atoms with Crippen LogP contribution in [0.15, 0.2) is 18.2 Å². The van der Waals surface area contributed by atoms with E-state index in [2.05, 4.69) is 5.32 Å². The van der Waals surface area contributed by atoms with Gasteiger partial charge in [0, 0.05) is 24.8 Å². The molecule has 1 saturated carbocycles. The predicted molar refractivity (Wildman–Crippen MR) is 73.3 cm³/mol. The summed E-state index contributed by atoms with van der Waals surface area (Å²) in [5.74, 6) is -1.03. The number of aliphatic hydroxyl groups excluding tert-OH is 1. The SMILES string of the molecule is O=C(NCC1CCCC1CO)c1ccc(F)c([N+](=O)[O-])c1. The molecule has 0 radical (unpaired) electrons. The average molecular weight is 296 g/mol. The number of nitrogens with zero attached hydrogens (tertiary/aromatic N) is 1. The van der Waals surface area contributed by atoms with E-state index >= 15 is 0 Å². The Kier molecular flexibility index (Phi) is 4.85. The van der Waals surface area contributed by atoms with Crippen molar-refractivity contribution in [3.63, 3.8) is 0 Å². The van der Waals surface area contributed by atoms with Crippen LogP contribution in [-0.4, -0.2) is 29.1 Å². The standard InChI is InChI=1S/C14H17FN2O4/c15-12-5-4-9(6-13(12)17(20)21)14(19)16-7-10-2-1-3-11(10)8-18/h4-6,10-11,18H,1-3,7-8H2,(H,16,19). The van der Waals surface area contributed by atoms with Crippen LogP contribution in [0.2, 0.25) is 0 Å². The highest BCUT2D eigenvalue weighted by Crippen LogP contribution is 2.30. The first-order chi connectivity index (χ1) is 10.0. The minimum Gasteiger partial charge on any atom is -0.396 e. The van der Waals surface area contributed by atoms with Crippen molar-refractivity contribution in [1.29, 1.82) is 0 Å². The quantitative estimate of drug-likeness (QED) is 0.641. The topological polar surface area (TPSA) is 92.5 Å². The third-order valence-corrected chi connectivity index (χ3v) is 3.98. The number of carbonyl (C=O) groups excluding carboxylic acids is 1. The van der Waals surface area contributed by atoms with Crippen LogP contribution >= 0.6 is 0 Å². The Labute approximate surface area is 121 Å². The molecule has 1 fully saturated rings. The smallest absolute Gasteiger partial charge is 0.305 e. The summed E-state index contributed by atoms with van der Waals surface area (Å²) in [6.45, 7) is 0.512. The lowest BCUT2D eigenvalue weighted by atomic mass is 9.97. The minimum absolute atomic E-state index is 0.0571. The van der Waals surface area contributed by atoms with E-state index in [0.29, 0.717) is 6.54 Å². The Hall–Kier alpha value is -2.02. The largest absolute Gasteiger partial charge is 0.396 e. The Morgan fingerprint density at radius 1 is 1.43 bits per heavy atom. The zero-order chi connectivity index (χ0) is 15.4. The maximum Gasteiger partial charge on any atom is 0.305 e. The van der Waals surface area contributed by atoms with Gasteiger partial charge in [-0.1, -0.05) is 6.42 Å². The molecule has 114 valence electrons. The Balaban J connectivity index is 2.00. The maximum atomic E-state index is 13.2. The van der Waals surface area contributed by atoms with Crippen LogP contribution < -0.4 is 5.32 Å². The molecule has 1 aromatic rings. The molecule has 2 unspecified atom stereocenters. The van der Waals surface area contributed by atoms with Crippen LogP contribution in [-0.2, 0) is 0 Å². The molecule has 0 aliphatic heterocycles. The van der Waals surface area contributed by atoms with Crippen LogP contribution in [0, 0.1) is 27.8 Å². The van der Waals surface area contributed by atoms with Gasteiger partial charge in [-0.15, -0.1) is 0 Å². The highest BCUT2D eigenvalue weighted by Gasteiger charge is 2.27. The fraction of sp³-hybridized carbons (Fsp3) is 0.500. The molecule has 2 atom stereocenters. The number of rotatable bonds is 5. The van der Waals surface area contributed by atoms with Gasteiger partial charge >= 0.3 is 5.69 Å². The maximum absolute atomic E-state index is 13.2. The van der Waals surface area contributed by atoms with Crippen molar-refractivity contribution in [2.24, 2.45) is 11.8 Å². The Morgan fingerprint density at radius 3 is 2.81 bits per heavy atom. The van der Waals surface area contributed by atoms with Crippen molar-refractivity contribution in [2.75, 3.05) is 13.2 Å². The fourth-order valence-electron chi connectivity index (χ4n) is 2.74. The highest BCUT2D eigenvalue weighted by atomic mass is 19.1. The number of nitrogens with one attached hydrogen (secondary N) is 1. The van der Waals surface area contributed by atoms with Gasteiger partial charge in [0.25, 0.3) is 5.91 Å². The lowest BCUT2D eigenvalue weighted by molar-refractivity contribution is -0.387. The second-order valence-corrected chi connectivity index (χ2v) is 5.27. The summed E-state index contributed by atoms with van der Waals surface area (Å²) in [6.07, 6.45) is 2.90. The van der Waals surface area contributed by atoms with E-state index in [1.165, 1.54) is 6.07 Å². The van der Waals surface area contributed by atoms with Crippen molar-refractivity contribution in [3.8, 4) is 0 Å². The van der Waals surface area contributed by atoms with Gasteiger partial charge in [-0.2, -0.15) is 4.39 Å². The summed E-state index contributed by atoms with van der Waals surface area (Å²) in [5.41, 5.74) is -0.654. The second-order valence-electron chi connectivity index (χ2n) is 5.27. The van der Waals surface area contributed by atoms with Crippen molar-refractivity contribution < 1.29 is 19.2 Å². The van der Waals surface area contributed by atoms with E-state index < -0.39 is 22.3 Å². The van der Waals surface area contributed by atoms with Gasteiger partial charge in [0.05, 0.1) is 4.92 Å². The van der Waals surface area contributed by atoms with E-state index in [9.17, 15) is 24.4 Å². The third kappa shape index (κ3) is 3.55. The Morgan fingerprint density at radius 2 is 2.14 bits per heavy atom. The number of aliphatic hydroxyl groups is 1. The number of halogens is 1. The van der Waals surface area contributed by atoms with Gasteiger partial charge < -0.3 is 10.4 Å². The summed E-state index contributed by atoms with van der Waals surface area (Å²) in [4.78, 5) is 21.8. The molecule has 6 nitrogen and oxygen atoms in total. The first-order valence-corrected chi connectivity index (χ1v) is 6.86. The molecule has 1 aliphatic carbocycles. The first kappa shape index (κ1) is 15.4. The first-order valence-electron chi connectivity index (χ1n) is 6.86. The molecular formula is C14H17FN2O4. The van der Waals surface area contributed by atoms with Crippen molar-refractivity contribution in [2.45, 2.75) is 19.3 Å². The molecule has 21 heavy (non-hydrogen) atoms. The second kappa shape index (κ2) is 6.62. The number of benzene rings is 1. The number of nitro benzene ring substituents is 1. The lowest BCUT2D eigenvalue weighted by Crippen LogP contribution is -2.31. The molecule has 0 saturated heterocycles. The zero-order valence-corrected chi connectivity index (χ0v) is 11.4. The molecule has 2 N–H and O–H groups in total. The molecule has 2 rings (SSSR count). The number of carbonyl (C=O) groups is 1. The third-order valence-electron chi connectivity index (χ3n) is 3.98. The molecule has 0 aromatic heterocycles. The molecule has 0 bridgehead atoms. The van der Waals surface area contributed by atoms with Gasteiger partial charge in [0.1, 0.15) is 0 Å². The predicted octanol–water partition coefficient (Wildman–Crippen LogP) is 1.87. The molecule has 1 aromatic carbocycles. The molecular weight excluding hydrogens is 279 g/mol. The number of hydrogen-bond acceptors (Lipinski definition) is 4. The van der Waals surface area contributed by atoms with Crippen LogP contribution in [0.5, 0.6) is 0 Å². The molecule has 0 spiro atoms. The summed E-state index contributed by atoms with van der Waals surface area (Å²) in [7, 11) is 0. The summed E-state index contributed by atoms with van der Waals surface area (Å²) in [5, 5.41) is 22.6. The monoisotopic (exact) mass is 296 g/mol. The van der Waals surface area contributed by atoms with Gasteiger partial charge in [0.2, 0.25) is 5.82 Å². The number of amides is 1. The Bertz CT molecular complexity index is 550. The zero-order valence-electron chi connectivity index (χ0n) is 11.4. The van der Waals surface area contributed by atoms with Crippen LogP contribution in [0.4, 0.5) is 10.1 Å². The number of nitro groups is 1. The van der Waals surface area contributed by atoms with E-state index in [1.54, 1.807) is 0 Å². The summed E-state index contributed by atoms with van der Waals surface area (Å²) < 4.78 is 13.2. The van der Waals surface area contributed by atoms with Crippen LogP contribution in [0.3, 0.4) is 0 Å². The molecule has 1 aliphatic rings. The molecule has 0 heterocycles. The summed E-state index contributed by atoms with van der Waals surface area (Å²) in [6, 6.07) is 3.07. The average Bonchev–Trinajstić information content (AvgIpc) is 2.92. The molecule has 7 heteroatoms. The summed E-state index contributed by atoms with van der Waals surface area (Å²) >= 11 is 0. The normalized spacial score (nSPS) is 21.2. The lowest BCUT2D eigenvalue weighted by Gasteiger charge is -2.17. The van der Waals surface area contributed by atoms with Crippen molar-refractivity contribution in [3.05, 3.63) is 39.7 Å². The molecule has 1 amide bonds. The number of hydrogen-bond donors (Lipinski definition) is 2. The van der Waals surface area contributed by atoms with Crippen LogP contribution in [0.1, 0.15) is 29.6 Å². The fourth-order valence-corrected chi connectivity index (χ4v) is 2.74. The van der Waals surface area contributed by atoms with Crippen LogP contribution in [0.25, 0.3) is 0 Å². The van der Waals surface area contributed by atoms with E-state index in [-0.39, 0.29) is 24.0 Å². The van der Waals surface area contributed by atoms with Gasteiger partial charge in [-0.25, -0.2) is 0 Å². The van der Waals surface area contributed by atoms with E-state index in [1.807, 2.05) is 0 Å². The van der Waals surface area contributed by atoms with Gasteiger partial charge in [0.15, 0.2) is 0 Å². The van der Waals surface area contributed by atoms with Gasteiger partial charge in [-0.05, 0) is 36.8 Å². The van der Waals surface area contributed by atoms with E-state index in [0.717, 1.165) is 31.4 Å².